The van der Waals surface area contributed by atoms with Gasteiger partial charge in [0.1, 0.15) is 6.29 Å². The number of nitrogens with one attached hydrogen (secondary N) is 1. The van der Waals surface area contributed by atoms with Crippen LogP contribution < -0.4 is 5.32 Å². The molecule has 1 atom stereocenters. The standard InChI is InChI=1S/C11H12N2O4/c1-8(6-7-14)12-11(15)9-2-4-10(5-3-9)13(16)17/h2-5,7-8H,6H2,1H3,(H,12,15). The summed E-state index contributed by atoms with van der Waals surface area (Å²) in [5.74, 6) is -0.353. The van der Waals surface area contributed by atoms with E-state index in [0.717, 1.165) is 6.29 Å². The maximum Gasteiger partial charge on any atom is 0.269 e. The maximum absolute atomic E-state index is 11.6. The topological polar surface area (TPSA) is 89.3 Å². The smallest absolute Gasteiger partial charge is 0.269 e. The fraction of sp³-hybridized carbons (Fsp3) is 0.273. The summed E-state index contributed by atoms with van der Waals surface area (Å²) in [6.07, 6.45) is 0.958. The van der Waals surface area contributed by atoms with Crippen molar-refractivity contribution in [2.75, 3.05) is 0 Å². The van der Waals surface area contributed by atoms with Crippen LogP contribution >= 0.6 is 0 Å². The van der Waals surface area contributed by atoms with E-state index in [9.17, 15) is 19.7 Å². The van der Waals surface area contributed by atoms with Crippen molar-refractivity contribution in [3.05, 3.63) is 39.9 Å². The molecule has 0 aliphatic carbocycles. The second kappa shape index (κ2) is 5.74. The molecule has 0 radical (unpaired) electrons. The normalized spacial score (nSPS) is 11.6. The third-order valence-electron chi connectivity index (χ3n) is 2.17. The second-order valence-corrected chi connectivity index (χ2v) is 3.58. The van der Waals surface area contributed by atoms with Crippen LogP contribution in [-0.2, 0) is 4.79 Å². The molecule has 6 heteroatoms. The van der Waals surface area contributed by atoms with Crippen LogP contribution in [0.2, 0.25) is 0 Å². The van der Waals surface area contributed by atoms with Gasteiger partial charge in [-0.05, 0) is 19.1 Å². The minimum absolute atomic E-state index is 0.0671. The summed E-state index contributed by atoms with van der Waals surface area (Å²) in [6, 6.07) is 5.02. The number of amides is 1. The Kier molecular flexibility index (Phi) is 4.33. The third-order valence-corrected chi connectivity index (χ3v) is 2.17. The second-order valence-electron chi connectivity index (χ2n) is 3.58. The van der Waals surface area contributed by atoms with Crippen molar-refractivity contribution in [1.82, 2.24) is 5.32 Å². The number of nitro groups is 1. The maximum atomic E-state index is 11.6. The third kappa shape index (κ3) is 3.67. The lowest BCUT2D eigenvalue weighted by Gasteiger charge is -2.10. The quantitative estimate of drug-likeness (QED) is 0.474. The van der Waals surface area contributed by atoms with Gasteiger partial charge in [0.25, 0.3) is 11.6 Å². The van der Waals surface area contributed by atoms with Crippen LogP contribution in [0.25, 0.3) is 0 Å². The van der Waals surface area contributed by atoms with Crippen LogP contribution in [0.1, 0.15) is 23.7 Å². The number of hydrogen-bond acceptors (Lipinski definition) is 4. The van der Waals surface area contributed by atoms with Gasteiger partial charge in [0.05, 0.1) is 4.92 Å². The lowest BCUT2D eigenvalue weighted by molar-refractivity contribution is -0.384. The Balaban J connectivity index is 2.69. The molecule has 1 aromatic rings. The lowest BCUT2D eigenvalue weighted by Crippen LogP contribution is -2.32. The summed E-state index contributed by atoms with van der Waals surface area (Å²) in [6.45, 7) is 1.71. The van der Waals surface area contributed by atoms with Gasteiger partial charge in [-0.2, -0.15) is 0 Å². The first kappa shape index (κ1) is 12.8. The Hall–Kier alpha value is -2.24. The van der Waals surface area contributed by atoms with E-state index in [0.29, 0.717) is 5.56 Å². The van der Waals surface area contributed by atoms with Gasteiger partial charge in [-0.25, -0.2) is 0 Å². The molecule has 0 bridgehead atoms. The Morgan fingerprint density at radius 1 is 1.47 bits per heavy atom. The van der Waals surface area contributed by atoms with Gasteiger partial charge >= 0.3 is 0 Å². The number of carbonyl (C=O) groups excluding carboxylic acids is 2. The van der Waals surface area contributed by atoms with E-state index in [2.05, 4.69) is 5.32 Å². The van der Waals surface area contributed by atoms with Crippen molar-refractivity contribution in [3.8, 4) is 0 Å². The van der Waals surface area contributed by atoms with Crippen molar-refractivity contribution in [1.29, 1.82) is 0 Å². The number of aldehydes is 1. The first-order valence-corrected chi connectivity index (χ1v) is 5.03. The highest BCUT2D eigenvalue weighted by Gasteiger charge is 2.11. The van der Waals surface area contributed by atoms with E-state index in [4.69, 9.17) is 0 Å². The zero-order valence-corrected chi connectivity index (χ0v) is 9.25. The summed E-state index contributed by atoms with van der Waals surface area (Å²) < 4.78 is 0. The van der Waals surface area contributed by atoms with Gasteiger partial charge in [-0.3, -0.25) is 14.9 Å². The predicted octanol–water partition coefficient (Wildman–Crippen LogP) is 1.30. The largest absolute Gasteiger partial charge is 0.349 e. The monoisotopic (exact) mass is 236 g/mol. The first-order chi connectivity index (χ1) is 8.04. The Morgan fingerprint density at radius 3 is 2.53 bits per heavy atom. The molecule has 0 saturated heterocycles. The van der Waals surface area contributed by atoms with Crippen LogP contribution in [-0.4, -0.2) is 23.2 Å². The Labute approximate surface area is 97.8 Å². The molecule has 6 nitrogen and oxygen atoms in total. The number of benzene rings is 1. The zero-order valence-electron chi connectivity index (χ0n) is 9.25. The van der Waals surface area contributed by atoms with Crippen LogP contribution in [0.15, 0.2) is 24.3 Å². The number of carbonyl (C=O) groups is 2. The van der Waals surface area contributed by atoms with Gasteiger partial charge in [-0.15, -0.1) is 0 Å². The molecular formula is C11H12N2O4. The van der Waals surface area contributed by atoms with Gasteiger partial charge in [-0.1, -0.05) is 0 Å². The molecule has 0 aliphatic rings. The number of nitro benzene ring substituents is 1. The van der Waals surface area contributed by atoms with Crippen molar-refractivity contribution >= 4 is 17.9 Å². The summed E-state index contributed by atoms with van der Waals surface area (Å²) in [5.41, 5.74) is 0.260. The molecule has 0 saturated carbocycles. The molecule has 1 rings (SSSR count). The van der Waals surface area contributed by atoms with E-state index in [1.54, 1.807) is 6.92 Å². The summed E-state index contributed by atoms with van der Waals surface area (Å²) in [7, 11) is 0. The molecule has 90 valence electrons. The average molecular weight is 236 g/mol. The molecular weight excluding hydrogens is 224 g/mol. The van der Waals surface area contributed by atoms with Crippen molar-refractivity contribution in [2.24, 2.45) is 0 Å². The van der Waals surface area contributed by atoms with E-state index in [1.165, 1.54) is 24.3 Å². The minimum Gasteiger partial charge on any atom is -0.349 e. The molecule has 1 amide bonds. The molecule has 0 spiro atoms. The number of non-ortho nitro benzene ring substituents is 1. The summed E-state index contributed by atoms with van der Waals surface area (Å²) in [4.78, 5) is 31.7. The molecule has 17 heavy (non-hydrogen) atoms. The van der Waals surface area contributed by atoms with Crippen LogP contribution in [0.5, 0.6) is 0 Å². The SMILES string of the molecule is CC(CC=O)NC(=O)c1ccc([N+](=O)[O-])cc1. The highest BCUT2D eigenvalue weighted by atomic mass is 16.6. The highest BCUT2D eigenvalue weighted by Crippen LogP contribution is 2.11. The molecule has 0 fully saturated rings. The highest BCUT2D eigenvalue weighted by molar-refractivity contribution is 5.94. The fourth-order valence-electron chi connectivity index (χ4n) is 1.24. The zero-order chi connectivity index (χ0) is 12.8. The van der Waals surface area contributed by atoms with Crippen LogP contribution in [0.4, 0.5) is 5.69 Å². The first-order valence-electron chi connectivity index (χ1n) is 5.03. The molecule has 1 N–H and O–H groups in total. The van der Waals surface area contributed by atoms with Crippen LogP contribution in [0, 0.1) is 10.1 Å². The summed E-state index contributed by atoms with van der Waals surface area (Å²) in [5, 5.41) is 13.0. The van der Waals surface area contributed by atoms with Crippen molar-refractivity contribution in [3.63, 3.8) is 0 Å². The molecule has 0 heterocycles. The van der Waals surface area contributed by atoms with Gasteiger partial charge < -0.3 is 10.1 Å². The summed E-state index contributed by atoms with van der Waals surface area (Å²) >= 11 is 0. The average Bonchev–Trinajstić information content (AvgIpc) is 2.29. The van der Waals surface area contributed by atoms with Crippen LogP contribution in [0.3, 0.4) is 0 Å². The fourth-order valence-corrected chi connectivity index (χ4v) is 1.24. The van der Waals surface area contributed by atoms with E-state index >= 15 is 0 Å². The van der Waals surface area contributed by atoms with Gasteiger partial charge in [0.15, 0.2) is 0 Å². The number of nitrogens with zero attached hydrogens (tertiary/aromatic N) is 1. The molecule has 1 aromatic carbocycles. The van der Waals surface area contributed by atoms with Crippen molar-refractivity contribution < 1.29 is 14.5 Å². The van der Waals surface area contributed by atoms with E-state index in [1.807, 2.05) is 0 Å². The Morgan fingerprint density at radius 2 is 2.06 bits per heavy atom. The van der Waals surface area contributed by atoms with E-state index < -0.39 is 4.92 Å². The minimum atomic E-state index is -0.531. The van der Waals surface area contributed by atoms with Gasteiger partial charge in [0.2, 0.25) is 0 Å². The lowest BCUT2D eigenvalue weighted by atomic mass is 10.1. The number of hydrogen-bond donors (Lipinski definition) is 1. The molecule has 0 aromatic heterocycles. The van der Waals surface area contributed by atoms with Crippen molar-refractivity contribution in [2.45, 2.75) is 19.4 Å². The Bertz CT molecular complexity index is 428. The molecule has 0 aliphatic heterocycles. The van der Waals surface area contributed by atoms with Gasteiger partial charge in [0, 0.05) is 30.2 Å². The van der Waals surface area contributed by atoms with E-state index in [-0.39, 0.29) is 24.1 Å². The molecule has 1 unspecified atom stereocenters. The number of rotatable bonds is 5. The predicted molar refractivity (Wildman–Crippen MR) is 60.7 cm³/mol.